The first-order valence-electron chi connectivity index (χ1n) is 9.34. The molecule has 0 atom stereocenters. The zero-order chi connectivity index (χ0) is 25.7. The lowest BCUT2D eigenvalue weighted by Gasteiger charge is -2.08. The Labute approximate surface area is 189 Å². The average molecular weight is 511 g/mol. The van der Waals surface area contributed by atoms with Gasteiger partial charge in [-0.25, -0.2) is 13.2 Å². The predicted molar refractivity (Wildman–Crippen MR) is 106 cm³/mol. The zero-order valence-corrected chi connectivity index (χ0v) is 18.5. The molecular formula is C20H18F5NO7S. The van der Waals surface area contributed by atoms with Crippen molar-refractivity contribution in [3.63, 3.8) is 0 Å². The minimum atomic E-state index is -6.09. The summed E-state index contributed by atoms with van der Waals surface area (Å²) in [5.74, 6) is -1.35. The third-order valence-electron chi connectivity index (χ3n) is 4.23. The highest BCUT2D eigenvalue weighted by molar-refractivity contribution is 7.86. The van der Waals surface area contributed by atoms with Crippen LogP contribution < -0.4 is 19.7 Å². The summed E-state index contributed by atoms with van der Waals surface area (Å²) < 4.78 is 103. The molecule has 0 N–H and O–H groups in total. The molecule has 0 aliphatic heterocycles. The van der Waals surface area contributed by atoms with Crippen LogP contribution in [0, 0.1) is 18.6 Å². The number of hydrogen-bond donors (Lipinski definition) is 0. The van der Waals surface area contributed by atoms with Crippen LogP contribution in [0.15, 0.2) is 45.9 Å². The number of ether oxygens (including phenoxy) is 2. The number of methoxy groups -OCH3 is 1. The molecule has 0 bridgehead atoms. The van der Waals surface area contributed by atoms with Crippen LogP contribution in [0.3, 0.4) is 0 Å². The summed E-state index contributed by atoms with van der Waals surface area (Å²) >= 11 is 0. The Morgan fingerprint density at radius 3 is 2.24 bits per heavy atom. The van der Waals surface area contributed by atoms with Crippen molar-refractivity contribution in [3.8, 4) is 11.5 Å². The Hall–Kier alpha value is -3.26. The van der Waals surface area contributed by atoms with Gasteiger partial charge in [0.1, 0.15) is 11.3 Å². The molecule has 0 saturated heterocycles. The lowest BCUT2D eigenvalue weighted by Crippen LogP contribution is -2.35. The maximum atomic E-state index is 13.6. The molecular weight excluding hydrogens is 493 g/mol. The van der Waals surface area contributed by atoms with Gasteiger partial charge in [-0.3, -0.25) is 0 Å². The van der Waals surface area contributed by atoms with Crippen molar-refractivity contribution in [3.05, 3.63) is 64.3 Å². The van der Waals surface area contributed by atoms with Crippen LogP contribution >= 0.6 is 0 Å². The van der Waals surface area contributed by atoms with Gasteiger partial charge in [-0.05, 0) is 24.6 Å². The molecule has 3 aromatic rings. The monoisotopic (exact) mass is 511 g/mol. The second kappa shape index (κ2) is 10.8. The molecule has 3 rings (SSSR count). The van der Waals surface area contributed by atoms with Gasteiger partial charge in [0.25, 0.3) is 0 Å². The number of hydrogen-bond acceptors (Lipinski definition) is 7. The molecule has 0 spiro atoms. The largest absolute Gasteiger partial charge is 0.741 e. The molecule has 0 fully saturated rings. The number of alkyl halides is 3. The van der Waals surface area contributed by atoms with E-state index in [1.54, 1.807) is 12.1 Å². The molecule has 0 unspecified atom stereocenters. The number of nitrogens with zero attached hydrogens (tertiary/aromatic N) is 1. The fraction of sp³-hybridized carbons (Fsp3) is 0.300. The van der Waals surface area contributed by atoms with E-state index in [1.807, 2.05) is 13.0 Å². The number of fused-ring (bicyclic) bond motifs is 1. The summed E-state index contributed by atoms with van der Waals surface area (Å²) in [5.41, 5.74) is -4.76. The zero-order valence-electron chi connectivity index (χ0n) is 17.7. The second-order valence-electron chi connectivity index (χ2n) is 6.73. The molecule has 0 aliphatic carbocycles. The maximum Gasteiger partial charge on any atom is 0.485 e. The minimum absolute atomic E-state index is 0.337. The summed E-state index contributed by atoms with van der Waals surface area (Å²) in [6.45, 7) is 2.55. The van der Waals surface area contributed by atoms with Crippen LogP contribution in [0.2, 0.25) is 0 Å². The van der Waals surface area contributed by atoms with Gasteiger partial charge < -0.3 is 18.4 Å². The first-order valence-corrected chi connectivity index (χ1v) is 10.8. The van der Waals surface area contributed by atoms with Crippen molar-refractivity contribution < 1.29 is 53.4 Å². The molecule has 0 amide bonds. The predicted octanol–water partition coefficient (Wildman–Crippen LogP) is 3.20. The highest BCUT2D eigenvalue weighted by Crippen LogP contribution is 2.23. The minimum Gasteiger partial charge on any atom is -0.741 e. The molecule has 0 aliphatic rings. The van der Waals surface area contributed by atoms with Crippen molar-refractivity contribution in [2.75, 3.05) is 13.7 Å². The fourth-order valence-corrected chi connectivity index (χ4v) is 2.72. The third kappa shape index (κ3) is 7.12. The van der Waals surface area contributed by atoms with Crippen LogP contribution in [0.25, 0.3) is 11.0 Å². The Morgan fingerprint density at radius 2 is 1.71 bits per heavy atom. The van der Waals surface area contributed by atoms with Crippen molar-refractivity contribution in [1.82, 2.24) is 0 Å². The van der Waals surface area contributed by atoms with Crippen LogP contribution in [0.5, 0.6) is 11.5 Å². The Morgan fingerprint density at radius 1 is 1.12 bits per heavy atom. The van der Waals surface area contributed by atoms with Crippen molar-refractivity contribution >= 4 is 21.1 Å². The number of pyridine rings is 1. The second-order valence-corrected chi connectivity index (χ2v) is 8.10. The van der Waals surface area contributed by atoms with E-state index in [4.69, 9.17) is 22.1 Å². The van der Waals surface area contributed by atoms with Gasteiger partial charge in [0.2, 0.25) is 29.8 Å². The third-order valence-corrected chi connectivity index (χ3v) is 4.80. The Bertz CT molecular complexity index is 1300. The average Bonchev–Trinajstić information content (AvgIpc) is 2.69. The highest BCUT2D eigenvalue weighted by atomic mass is 32.2. The highest BCUT2D eigenvalue weighted by Gasteiger charge is 2.36. The van der Waals surface area contributed by atoms with Gasteiger partial charge in [-0.2, -0.15) is 26.5 Å². The molecule has 34 heavy (non-hydrogen) atoms. The molecule has 2 heterocycles. The quantitative estimate of drug-likeness (QED) is 0.125. The van der Waals surface area contributed by atoms with Crippen LogP contribution in [-0.2, 0) is 16.7 Å². The summed E-state index contributed by atoms with van der Waals surface area (Å²) in [7, 11) is -4.88. The van der Waals surface area contributed by atoms with Crippen molar-refractivity contribution in [1.29, 1.82) is 0 Å². The smallest absolute Gasteiger partial charge is 0.485 e. The van der Waals surface area contributed by atoms with E-state index in [2.05, 4.69) is 4.74 Å². The number of rotatable bonds is 6. The maximum absolute atomic E-state index is 13.6. The molecule has 2 aromatic heterocycles. The van der Waals surface area contributed by atoms with Crippen molar-refractivity contribution in [2.45, 2.75) is 25.4 Å². The molecule has 0 saturated carbocycles. The SMILES string of the molecule is COc1c(F)c[n+](CCCOc2ccc3c(C)cc(=O)oc3c2)cc1F.O=S(=O)([O-])C(F)(F)F. The summed E-state index contributed by atoms with van der Waals surface area (Å²) in [5, 5.41) is 0.844. The van der Waals surface area contributed by atoms with Gasteiger partial charge in [-0.15, -0.1) is 0 Å². The Kier molecular flexibility index (Phi) is 8.56. The number of benzene rings is 1. The van der Waals surface area contributed by atoms with E-state index in [0.717, 1.165) is 10.9 Å². The first kappa shape index (κ1) is 27.0. The summed E-state index contributed by atoms with van der Waals surface area (Å²) in [6, 6.07) is 6.71. The van der Waals surface area contributed by atoms with Crippen LogP contribution in [0.1, 0.15) is 12.0 Å². The first-order chi connectivity index (χ1) is 15.7. The molecule has 1 aromatic carbocycles. The number of aryl methyl sites for hydroxylation is 2. The fourth-order valence-electron chi connectivity index (χ4n) is 2.72. The van der Waals surface area contributed by atoms with E-state index in [1.165, 1.54) is 30.1 Å². The normalized spacial score (nSPS) is 11.6. The molecule has 14 heteroatoms. The van der Waals surface area contributed by atoms with Gasteiger partial charge >= 0.3 is 11.1 Å². The van der Waals surface area contributed by atoms with Gasteiger partial charge in [0.05, 0.1) is 13.7 Å². The topological polar surface area (TPSA) is 110 Å². The molecule has 8 nitrogen and oxygen atoms in total. The van der Waals surface area contributed by atoms with E-state index in [-0.39, 0.29) is 0 Å². The lowest BCUT2D eigenvalue weighted by molar-refractivity contribution is -0.700. The van der Waals surface area contributed by atoms with Crippen molar-refractivity contribution in [2.24, 2.45) is 0 Å². The van der Waals surface area contributed by atoms with E-state index in [0.29, 0.717) is 30.9 Å². The summed E-state index contributed by atoms with van der Waals surface area (Å²) in [6.07, 6.45) is 2.89. The van der Waals surface area contributed by atoms with E-state index >= 15 is 0 Å². The standard InChI is InChI=1S/C19H18F2NO4.CHF3O3S/c1-12-8-18(23)26-17-9-13(4-5-14(12)17)25-7-3-6-22-10-15(20)19(24-2)16(21)11-22;2-1(3,4)8(5,6)7/h4-5,8-11H,3,6-7H2,1-2H3;(H,5,6,7)/q+1;/p-1. The number of halogens is 5. The van der Waals surface area contributed by atoms with E-state index < -0.39 is 38.6 Å². The van der Waals surface area contributed by atoms with Gasteiger partial charge in [0, 0.05) is 23.9 Å². The lowest BCUT2D eigenvalue weighted by atomic mass is 10.1. The molecule has 0 radical (unpaired) electrons. The molecule has 186 valence electrons. The Balaban J connectivity index is 0.000000440. The van der Waals surface area contributed by atoms with E-state index in [9.17, 15) is 26.7 Å². The van der Waals surface area contributed by atoms with Crippen LogP contribution in [0.4, 0.5) is 22.0 Å². The van der Waals surface area contributed by atoms with Crippen LogP contribution in [-0.4, -0.2) is 32.2 Å². The van der Waals surface area contributed by atoms with Gasteiger partial charge in [-0.1, -0.05) is 0 Å². The van der Waals surface area contributed by atoms with Gasteiger partial charge in [0.15, 0.2) is 16.7 Å². The number of aromatic nitrogens is 1. The summed E-state index contributed by atoms with van der Waals surface area (Å²) in [4.78, 5) is 11.5.